The average Bonchev–Trinajstić information content (AvgIpc) is 2.51. The molecule has 0 radical (unpaired) electrons. The van der Waals surface area contributed by atoms with Gasteiger partial charge in [-0.3, -0.25) is 9.79 Å². The molecule has 0 aliphatic carbocycles. The maximum Gasteiger partial charge on any atom is 0.320 e. The number of rotatable bonds is 4. The molecule has 1 aliphatic heterocycles. The van der Waals surface area contributed by atoms with Gasteiger partial charge in [0, 0.05) is 12.8 Å². The van der Waals surface area contributed by atoms with Gasteiger partial charge in [-0.1, -0.05) is 0 Å². The van der Waals surface area contributed by atoms with Gasteiger partial charge in [-0.15, -0.1) is 0 Å². The quantitative estimate of drug-likeness (QED) is 0.635. The topological polar surface area (TPSA) is 75.7 Å². The maximum atomic E-state index is 10.3. The van der Waals surface area contributed by atoms with Crippen LogP contribution >= 0.6 is 0 Å². The Kier molecular flexibility index (Phi) is 3.22. The zero-order valence-electron chi connectivity index (χ0n) is 6.94. The summed E-state index contributed by atoms with van der Waals surface area (Å²) in [7, 11) is 0. The van der Waals surface area contributed by atoms with Gasteiger partial charge in [0.05, 0.1) is 0 Å². The number of carboxylic acid groups (broad SMARTS) is 1. The summed E-state index contributed by atoms with van der Waals surface area (Å²) in [4.78, 5) is 14.4. The van der Waals surface area contributed by atoms with Crippen LogP contribution in [0.5, 0.6) is 0 Å². The van der Waals surface area contributed by atoms with Crippen LogP contribution in [0.25, 0.3) is 0 Å². The fourth-order valence-electron chi connectivity index (χ4n) is 1.27. The molecular weight excluding hydrogens is 156 g/mol. The van der Waals surface area contributed by atoms with Crippen LogP contribution in [0, 0.1) is 5.92 Å². The maximum absolute atomic E-state index is 10.3. The molecule has 0 saturated heterocycles. The fourth-order valence-corrected chi connectivity index (χ4v) is 1.27. The monoisotopic (exact) mass is 170 g/mol. The molecule has 2 atom stereocenters. The summed E-state index contributed by atoms with van der Waals surface area (Å²) >= 11 is 0. The standard InChI is InChI=1S/C8H14N2O2/c9-7(8(11)12)2-1-6-3-4-10-5-6/h5-7H,1-4,9H2,(H,11,12). The minimum absolute atomic E-state index is 0.454. The number of carbonyl (C=O) groups is 1. The molecule has 3 N–H and O–H groups in total. The molecular formula is C8H14N2O2. The minimum Gasteiger partial charge on any atom is -0.480 e. The summed E-state index contributed by atoms with van der Waals surface area (Å²) in [5.74, 6) is -0.458. The Morgan fingerprint density at radius 2 is 2.58 bits per heavy atom. The van der Waals surface area contributed by atoms with E-state index in [1.165, 1.54) is 0 Å². The van der Waals surface area contributed by atoms with E-state index in [1.54, 1.807) is 0 Å². The average molecular weight is 170 g/mol. The van der Waals surface area contributed by atoms with E-state index in [4.69, 9.17) is 10.8 Å². The highest BCUT2D eigenvalue weighted by atomic mass is 16.4. The molecule has 12 heavy (non-hydrogen) atoms. The minimum atomic E-state index is -0.912. The Bertz CT molecular complexity index is 189. The van der Waals surface area contributed by atoms with Crippen LogP contribution in [0.1, 0.15) is 19.3 Å². The first-order valence-electron chi connectivity index (χ1n) is 4.18. The van der Waals surface area contributed by atoms with E-state index in [2.05, 4.69) is 4.99 Å². The molecule has 4 heteroatoms. The van der Waals surface area contributed by atoms with E-state index < -0.39 is 12.0 Å². The first-order valence-corrected chi connectivity index (χ1v) is 4.18. The molecule has 68 valence electrons. The molecule has 0 bridgehead atoms. The van der Waals surface area contributed by atoms with Crippen molar-refractivity contribution in [3.63, 3.8) is 0 Å². The Morgan fingerprint density at radius 3 is 3.08 bits per heavy atom. The second kappa shape index (κ2) is 4.21. The predicted molar refractivity (Wildman–Crippen MR) is 46.3 cm³/mol. The lowest BCUT2D eigenvalue weighted by Crippen LogP contribution is -2.30. The van der Waals surface area contributed by atoms with Gasteiger partial charge >= 0.3 is 5.97 Å². The van der Waals surface area contributed by atoms with Gasteiger partial charge in [0.15, 0.2) is 0 Å². The zero-order valence-corrected chi connectivity index (χ0v) is 6.94. The van der Waals surface area contributed by atoms with E-state index in [9.17, 15) is 4.79 Å². The van der Waals surface area contributed by atoms with Gasteiger partial charge in [0.25, 0.3) is 0 Å². The van der Waals surface area contributed by atoms with E-state index >= 15 is 0 Å². The van der Waals surface area contributed by atoms with Crippen LogP contribution in [0.4, 0.5) is 0 Å². The van der Waals surface area contributed by atoms with Crippen molar-refractivity contribution in [2.24, 2.45) is 16.6 Å². The summed E-state index contributed by atoms with van der Waals surface area (Å²) in [6.07, 6.45) is 4.35. The molecule has 2 unspecified atom stereocenters. The van der Waals surface area contributed by atoms with Crippen molar-refractivity contribution in [3.05, 3.63) is 0 Å². The normalized spacial score (nSPS) is 24.2. The number of hydrogen-bond donors (Lipinski definition) is 2. The van der Waals surface area contributed by atoms with Crippen molar-refractivity contribution in [1.29, 1.82) is 0 Å². The predicted octanol–water partition coefficient (Wildman–Crippen LogP) is 0.269. The Labute approximate surface area is 71.5 Å². The number of aliphatic imine (C=N–C) groups is 1. The van der Waals surface area contributed by atoms with E-state index in [1.807, 2.05) is 6.21 Å². The smallest absolute Gasteiger partial charge is 0.320 e. The molecule has 0 fully saturated rings. The van der Waals surface area contributed by atoms with Crippen molar-refractivity contribution in [2.75, 3.05) is 6.54 Å². The molecule has 1 rings (SSSR count). The van der Waals surface area contributed by atoms with Crippen molar-refractivity contribution in [2.45, 2.75) is 25.3 Å². The number of aliphatic carboxylic acids is 1. The third-order valence-corrected chi connectivity index (χ3v) is 2.11. The fraction of sp³-hybridized carbons (Fsp3) is 0.750. The molecule has 1 aliphatic rings. The first kappa shape index (κ1) is 9.19. The summed E-state index contributed by atoms with van der Waals surface area (Å²) in [5, 5.41) is 8.50. The molecule has 0 aromatic rings. The second-order valence-corrected chi connectivity index (χ2v) is 3.13. The molecule has 0 aromatic heterocycles. The third-order valence-electron chi connectivity index (χ3n) is 2.11. The Morgan fingerprint density at radius 1 is 1.83 bits per heavy atom. The van der Waals surface area contributed by atoms with E-state index in [0.717, 1.165) is 19.4 Å². The Balaban J connectivity index is 2.16. The summed E-state index contributed by atoms with van der Waals surface area (Å²) in [6.45, 7) is 0.882. The number of nitrogens with two attached hydrogens (primary N) is 1. The molecule has 0 saturated carbocycles. The van der Waals surface area contributed by atoms with Gasteiger partial charge in [-0.2, -0.15) is 0 Å². The molecule has 0 amide bonds. The summed E-state index contributed by atoms with van der Waals surface area (Å²) in [5.41, 5.74) is 5.35. The van der Waals surface area contributed by atoms with Crippen LogP contribution in [-0.2, 0) is 4.79 Å². The van der Waals surface area contributed by atoms with Gasteiger partial charge in [0.2, 0.25) is 0 Å². The summed E-state index contributed by atoms with van der Waals surface area (Å²) in [6, 6.07) is -0.709. The number of hydrogen-bond acceptors (Lipinski definition) is 3. The van der Waals surface area contributed by atoms with Crippen LogP contribution in [0.15, 0.2) is 4.99 Å². The van der Waals surface area contributed by atoms with Crippen molar-refractivity contribution >= 4 is 12.2 Å². The highest BCUT2D eigenvalue weighted by Gasteiger charge is 2.15. The molecule has 4 nitrogen and oxygen atoms in total. The Hall–Kier alpha value is -0.900. The summed E-state index contributed by atoms with van der Waals surface area (Å²) < 4.78 is 0. The third kappa shape index (κ3) is 2.62. The lowest BCUT2D eigenvalue weighted by Gasteiger charge is -2.08. The number of nitrogens with zero attached hydrogens (tertiary/aromatic N) is 1. The molecule has 0 aromatic carbocycles. The van der Waals surface area contributed by atoms with Crippen LogP contribution < -0.4 is 5.73 Å². The van der Waals surface area contributed by atoms with Gasteiger partial charge < -0.3 is 10.8 Å². The van der Waals surface area contributed by atoms with Gasteiger partial charge in [-0.05, 0) is 25.2 Å². The van der Waals surface area contributed by atoms with Crippen LogP contribution in [-0.4, -0.2) is 29.9 Å². The van der Waals surface area contributed by atoms with Crippen molar-refractivity contribution in [1.82, 2.24) is 0 Å². The lowest BCUT2D eigenvalue weighted by atomic mass is 10.00. The second-order valence-electron chi connectivity index (χ2n) is 3.13. The van der Waals surface area contributed by atoms with Crippen LogP contribution in [0.2, 0.25) is 0 Å². The van der Waals surface area contributed by atoms with Gasteiger partial charge in [-0.25, -0.2) is 0 Å². The van der Waals surface area contributed by atoms with E-state index in [-0.39, 0.29) is 0 Å². The number of carboxylic acids is 1. The SMILES string of the molecule is NC(CCC1C=NCC1)C(=O)O. The molecule has 0 spiro atoms. The first-order chi connectivity index (χ1) is 5.70. The van der Waals surface area contributed by atoms with Crippen LogP contribution in [0.3, 0.4) is 0 Å². The van der Waals surface area contributed by atoms with Gasteiger partial charge in [0.1, 0.15) is 6.04 Å². The lowest BCUT2D eigenvalue weighted by molar-refractivity contribution is -0.138. The largest absolute Gasteiger partial charge is 0.480 e. The van der Waals surface area contributed by atoms with E-state index in [0.29, 0.717) is 12.3 Å². The van der Waals surface area contributed by atoms with Crippen molar-refractivity contribution < 1.29 is 9.90 Å². The highest BCUT2D eigenvalue weighted by molar-refractivity contribution is 5.73. The highest BCUT2D eigenvalue weighted by Crippen LogP contribution is 2.14. The van der Waals surface area contributed by atoms with Crippen molar-refractivity contribution in [3.8, 4) is 0 Å². The molecule has 1 heterocycles. The zero-order chi connectivity index (χ0) is 8.97.